The van der Waals surface area contributed by atoms with Gasteiger partial charge in [0.2, 0.25) is 10.0 Å². The Morgan fingerprint density at radius 1 is 1.17 bits per heavy atom. The standard InChI is InChI=1S/C14H25N5O2S.ClH/c1-11-14(12(2)17(3)16-11)22(20,21)19-7-4-13(10-19)18-8-5-15-6-9-18;/h13,15H,4-10H2,1-3H3;1H. The van der Waals surface area contributed by atoms with Crippen molar-refractivity contribution in [1.82, 2.24) is 24.3 Å². The molecule has 1 aromatic rings. The Balaban J connectivity index is 0.00000192. The molecule has 9 heteroatoms. The van der Waals surface area contributed by atoms with Crippen LogP contribution in [0.25, 0.3) is 0 Å². The number of nitrogens with one attached hydrogen (secondary N) is 1. The summed E-state index contributed by atoms with van der Waals surface area (Å²) in [5.41, 5.74) is 1.30. The van der Waals surface area contributed by atoms with Crippen LogP contribution in [-0.2, 0) is 17.1 Å². The zero-order valence-electron chi connectivity index (χ0n) is 13.9. The van der Waals surface area contributed by atoms with Gasteiger partial charge in [0, 0.05) is 52.4 Å². The van der Waals surface area contributed by atoms with E-state index in [1.165, 1.54) is 0 Å². The molecule has 2 aliphatic rings. The number of aromatic nitrogens is 2. The van der Waals surface area contributed by atoms with Gasteiger partial charge in [0.15, 0.2) is 0 Å². The largest absolute Gasteiger partial charge is 0.314 e. The minimum absolute atomic E-state index is 0. The molecule has 2 fully saturated rings. The van der Waals surface area contributed by atoms with Crippen LogP contribution in [0.2, 0.25) is 0 Å². The van der Waals surface area contributed by atoms with Crippen LogP contribution in [0, 0.1) is 13.8 Å². The fourth-order valence-corrected chi connectivity index (χ4v) is 5.42. The maximum atomic E-state index is 13.0. The predicted octanol–water partition coefficient (Wildman–Crippen LogP) is 0.127. The third-order valence-corrected chi connectivity index (χ3v) is 6.95. The zero-order valence-corrected chi connectivity index (χ0v) is 15.6. The summed E-state index contributed by atoms with van der Waals surface area (Å²) < 4.78 is 29.2. The van der Waals surface area contributed by atoms with E-state index < -0.39 is 10.0 Å². The Morgan fingerprint density at radius 3 is 2.39 bits per heavy atom. The lowest BCUT2D eigenvalue weighted by Crippen LogP contribution is -2.49. The van der Waals surface area contributed by atoms with Gasteiger partial charge in [-0.05, 0) is 20.3 Å². The van der Waals surface area contributed by atoms with Gasteiger partial charge >= 0.3 is 0 Å². The lowest BCUT2D eigenvalue weighted by molar-refractivity contribution is 0.179. The fraction of sp³-hybridized carbons (Fsp3) is 0.786. The van der Waals surface area contributed by atoms with Gasteiger partial charge in [0.1, 0.15) is 4.90 Å². The lowest BCUT2D eigenvalue weighted by Gasteiger charge is -2.32. The van der Waals surface area contributed by atoms with E-state index in [0.717, 1.165) is 32.6 Å². The molecule has 132 valence electrons. The minimum Gasteiger partial charge on any atom is -0.314 e. The number of halogens is 1. The molecule has 0 spiro atoms. The number of aryl methyl sites for hydroxylation is 2. The van der Waals surface area contributed by atoms with Crippen molar-refractivity contribution in [2.75, 3.05) is 39.3 Å². The van der Waals surface area contributed by atoms with E-state index in [1.54, 1.807) is 23.0 Å². The summed E-state index contributed by atoms with van der Waals surface area (Å²) in [4.78, 5) is 2.80. The van der Waals surface area contributed by atoms with Crippen LogP contribution >= 0.6 is 12.4 Å². The second kappa shape index (κ2) is 7.06. The monoisotopic (exact) mass is 363 g/mol. The molecule has 0 aromatic carbocycles. The summed E-state index contributed by atoms with van der Waals surface area (Å²) >= 11 is 0. The summed E-state index contributed by atoms with van der Waals surface area (Å²) in [6.45, 7) is 8.77. The molecule has 7 nitrogen and oxygen atoms in total. The summed E-state index contributed by atoms with van der Waals surface area (Å²) in [7, 11) is -1.66. The highest BCUT2D eigenvalue weighted by atomic mass is 35.5. The van der Waals surface area contributed by atoms with Gasteiger partial charge in [-0.1, -0.05) is 0 Å². The van der Waals surface area contributed by atoms with Crippen molar-refractivity contribution in [3.63, 3.8) is 0 Å². The van der Waals surface area contributed by atoms with Crippen LogP contribution < -0.4 is 5.32 Å². The molecule has 0 radical (unpaired) electrons. The van der Waals surface area contributed by atoms with Crippen molar-refractivity contribution in [1.29, 1.82) is 0 Å². The molecule has 0 aliphatic carbocycles. The van der Waals surface area contributed by atoms with E-state index >= 15 is 0 Å². The molecule has 23 heavy (non-hydrogen) atoms. The van der Waals surface area contributed by atoms with E-state index in [9.17, 15) is 8.42 Å². The maximum Gasteiger partial charge on any atom is 0.246 e. The van der Waals surface area contributed by atoms with Crippen molar-refractivity contribution in [3.05, 3.63) is 11.4 Å². The quantitative estimate of drug-likeness (QED) is 0.826. The SMILES string of the molecule is Cc1nn(C)c(C)c1S(=O)(=O)N1CCC(N2CCNCC2)C1.Cl. The van der Waals surface area contributed by atoms with Gasteiger partial charge < -0.3 is 5.32 Å². The van der Waals surface area contributed by atoms with Gasteiger partial charge in [-0.25, -0.2) is 8.42 Å². The first-order chi connectivity index (χ1) is 10.4. The number of hydrogen-bond acceptors (Lipinski definition) is 5. The number of sulfonamides is 1. The topological polar surface area (TPSA) is 70.5 Å². The van der Waals surface area contributed by atoms with Crippen molar-refractivity contribution >= 4 is 22.4 Å². The Labute approximate surface area is 144 Å². The van der Waals surface area contributed by atoms with E-state index in [0.29, 0.717) is 35.4 Å². The Morgan fingerprint density at radius 2 is 1.83 bits per heavy atom. The average Bonchev–Trinajstić information content (AvgIpc) is 3.06. The number of nitrogens with zero attached hydrogens (tertiary/aromatic N) is 4. The molecular formula is C14H26ClN5O2S. The van der Waals surface area contributed by atoms with Crippen molar-refractivity contribution in [3.8, 4) is 0 Å². The molecule has 1 unspecified atom stereocenters. The van der Waals surface area contributed by atoms with Crippen LogP contribution in [-0.4, -0.2) is 72.7 Å². The van der Waals surface area contributed by atoms with Crippen molar-refractivity contribution in [2.45, 2.75) is 31.2 Å². The Kier molecular flexibility index (Phi) is 5.73. The molecule has 3 heterocycles. The predicted molar refractivity (Wildman–Crippen MR) is 91.5 cm³/mol. The Bertz CT molecular complexity index is 654. The smallest absolute Gasteiger partial charge is 0.246 e. The third kappa shape index (κ3) is 3.41. The first-order valence-corrected chi connectivity index (χ1v) is 9.30. The highest BCUT2D eigenvalue weighted by Crippen LogP contribution is 2.27. The van der Waals surface area contributed by atoms with E-state index in [1.807, 2.05) is 6.92 Å². The van der Waals surface area contributed by atoms with Crippen molar-refractivity contribution < 1.29 is 8.42 Å². The summed E-state index contributed by atoms with van der Waals surface area (Å²) in [6.07, 6.45) is 0.914. The van der Waals surface area contributed by atoms with E-state index in [4.69, 9.17) is 0 Å². The molecular weight excluding hydrogens is 338 g/mol. The molecule has 1 N–H and O–H groups in total. The summed E-state index contributed by atoms with van der Waals surface area (Å²) in [5, 5.41) is 7.59. The van der Waals surface area contributed by atoms with Crippen LogP contribution in [0.15, 0.2) is 4.90 Å². The summed E-state index contributed by atoms with van der Waals surface area (Å²) in [6, 6.07) is 0.342. The molecule has 1 aromatic heterocycles. The Hall–Kier alpha value is -0.670. The molecule has 3 rings (SSSR count). The normalized spacial score (nSPS) is 23.9. The second-order valence-electron chi connectivity index (χ2n) is 6.22. The van der Waals surface area contributed by atoms with E-state index in [-0.39, 0.29) is 12.4 Å². The van der Waals surface area contributed by atoms with Gasteiger partial charge in [-0.3, -0.25) is 9.58 Å². The average molecular weight is 364 g/mol. The fourth-order valence-electron chi connectivity index (χ4n) is 3.53. The van der Waals surface area contributed by atoms with Gasteiger partial charge in [-0.15, -0.1) is 12.4 Å². The first-order valence-electron chi connectivity index (χ1n) is 7.86. The van der Waals surface area contributed by atoms with Gasteiger partial charge in [0.25, 0.3) is 0 Å². The molecule has 0 saturated carbocycles. The zero-order chi connectivity index (χ0) is 15.9. The second-order valence-corrected chi connectivity index (χ2v) is 8.09. The lowest BCUT2D eigenvalue weighted by atomic mass is 10.2. The number of rotatable bonds is 3. The van der Waals surface area contributed by atoms with Gasteiger partial charge in [0.05, 0.1) is 11.4 Å². The van der Waals surface area contributed by atoms with Gasteiger partial charge in [-0.2, -0.15) is 9.40 Å². The van der Waals surface area contributed by atoms with Crippen LogP contribution in [0.5, 0.6) is 0 Å². The molecule has 0 bridgehead atoms. The highest BCUT2D eigenvalue weighted by Gasteiger charge is 2.37. The minimum atomic E-state index is -3.44. The number of piperazine rings is 1. The summed E-state index contributed by atoms with van der Waals surface area (Å²) in [5.74, 6) is 0. The highest BCUT2D eigenvalue weighted by molar-refractivity contribution is 7.89. The molecule has 1 atom stereocenters. The van der Waals surface area contributed by atoms with E-state index in [2.05, 4.69) is 15.3 Å². The third-order valence-electron chi connectivity index (χ3n) is 4.83. The molecule has 0 amide bonds. The van der Waals surface area contributed by atoms with Crippen LogP contribution in [0.4, 0.5) is 0 Å². The van der Waals surface area contributed by atoms with Crippen molar-refractivity contribution in [2.24, 2.45) is 7.05 Å². The van der Waals surface area contributed by atoms with Crippen LogP contribution in [0.1, 0.15) is 17.8 Å². The molecule has 2 saturated heterocycles. The first kappa shape index (κ1) is 18.7. The maximum absolute atomic E-state index is 13.0. The number of hydrogen-bond donors (Lipinski definition) is 1. The van der Waals surface area contributed by atoms with Crippen LogP contribution in [0.3, 0.4) is 0 Å². The molecule has 2 aliphatic heterocycles.